The first-order valence-electron chi connectivity index (χ1n) is 8.48. The second kappa shape index (κ2) is 6.76. The van der Waals surface area contributed by atoms with Crippen molar-refractivity contribution in [2.75, 3.05) is 13.1 Å². The molecular weight excluding hydrogens is 282 g/mol. The van der Waals surface area contributed by atoms with Crippen LogP contribution in [0.3, 0.4) is 0 Å². The third-order valence-corrected chi connectivity index (χ3v) is 4.57. The molecule has 1 heterocycles. The average molecular weight is 308 g/mol. The summed E-state index contributed by atoms with van der Waals surface area (Å²) in [5, 5.41) is 3.45. The lowest BCUT2D eigenvalue weighted by molar-refractivity contribution is 0.142. The van der Waals surface area contributed by atoms with Gasteiger partial charge in [-0.2, -0.15) is 0 Å². The summed E-state index contributed by atoms with van der Waals surface area (Å²) < 4.78 is 6.31. The summed E-state index contributed by atoms with van der Waals surface area (Å²) in [7, 11) is 0. The van der Waals surface area contributed by atoms with E-state index in [9.17, 15) is 0 Å². The monoisotopic (exact) mass is 308 g/mol. The van der Waals surface area contributed by atoms with Gasteiger partial charge in [0.05, 0.1) is 0 Å². The molecule has 0 spiro atoms. The van der Waals surface area contributed by atoms with Gasteiger partial charge in [0.1, 0.15) is 11.9 Å². The van der Waals surface area contributed by atoms with Crippen molar-refractivity contribution in [2.45, 2.75) is 44.6 Å². The zero-order chi connectivity index (χ0) is 16.3. The van der Waals surface area contributed by atoms with E-state index in [1.54, 1.807) is 0 Å². The molecule has 1 saturated heterocycles. The normalized spacial score (nSPS) is 21.9. The lowest BCUT2D eigenvalue weighted by Crippen LogP contribution is -2.42. The number of benzene rings is 2. The summed E-state index contributed by atoms with van der Waals surface area (Å²) in [5.41, 5.74) is 2.76. The van der Waals surface area contributed by atoms with Crippen LogP contribution in [0.5, 0.6) is 5.75 Å². The van der Waals surface area contributed by atoms with Crippen LogP contribution < -0.4 is 10.1 Å². The van der Waals surface area contributed by atoms with Gasteiger partial charge >= 0.3 is 0 Å². The molecule has 2 nitrogen and oxygen atoms in total. The summed E-state index contributed by atoms with van der Waals surface area (Å²) >= 11 is 0. The molecule has 1 aliphatic heterocycles. The van der Waals surface area contributed by atoms with Gasteiger partial charge in [0, 0.05) is 12.5 Å². The molecule has 2 aromatic rings. The molecule has 0 aliphatic carbocycles. The topological polar surface area (TPSA) is 21.3 Å². The summed E-state index contributed by atoms with van der Waals surface area (Å²) in [6.45, 7) is 8.62. The predicted octanol–water partition coefficient (Wildman–Crippen LogP) is 4.31. The van der Waals surface area contributed by atoms with Crippen LogP contribution in [-0.4, -0.2) is 19.2 Å². The van der Waals surface area contributed by atoms with Gasteiger partial charge in [-0.25, -0.2) is 0 Å². The van der Waals surface area contributed by atoms with Gasteiger partial charge in [0.2, 0.25) is 0 Å². The fraction of sp³-hybridized carbons (Fsp3) is 0.429. The summed E-state index contributed by atoms with van der Waals surface area (Å²) in [6.07, 6.45) is 1.24. The van der Waals surface area contributed by atoms with Crippen molar-refractivity contribution in [3.05, 3.63) is 65.7 Å². The van der Waals surface area contributed by atoms with Gasteiger partial charge in [-0.15, -0.1) is 0 Å². The Morgan fingerprint density at radius 3 is 2.52 bits per heavy atom. The Bertz CT molecular complexity index is 613. The zero-order valence-electron chi connectivity index (χ0n) is 14.3. The Balaban J connectivity index is 1.75. The third-order valence-electron chi connectivity index (χ3n) is 4.57. The summed E-state index contributed by atoms with van der Waals surface area (Å²) in [5.74, 6) is 1.35. The average Bonchev–Trinajstić information content (AvgIpc) is 2.56. The van der Waals surface area contributed by atoms with E-state index in [0.29, 0.717) is 5.92 Å². The number of nitrogens with one attached hydrogen (secondary N) is 1. The quantitative estimate of drug-likeness (QED) is 0.912. The number of piperidine rings is 1. The third kappa shape index (κ3) is 3.94. The van der Waals surface area contributed by atoms with Crippen molar-refractivity contribution >= 4 is 0 Å². The van der Waals surface area contributed by atoms with E-state index in [2.05, 4.69) is 68.6 Å². The highest BCUT2D eigenvalue weighted by Crippen LogP contribution is 2.30. The molecule has 0 saturated carbocycles. The van der Waals surface area contributed by atoms with Gasteiger partial charge in [-0.1, -0.05) is 57.2 Å². The van der Waals surface area contributed by atoms with E-state index >= 15 is 0 Å². The minimum Gasteiger partial charge on any atom is -0.488 e. The Hall–Kier alpha value is -1.80. The summed E-state index contributed by atoms with van der Waals surface area (Å²) in [4.78, 5) is 0. The lowest BCUT2D eigenvalue weighted by Gasteiger charge is -2.33. The minimum atomic E-state index is 0.155. The van der Waals surface area contributed by atoms with Crippen LogP contribution in [0.1, 0.15) is 44.2 Å². The van der Waals surface area contributed by atoms with Gasteiger partial charge in [-0.3, -0.25) is 0 Å². The summed E-state index contributed by atoms with van der Waals surface area (Å²) in [6, 6.07) is 20.2. The fourth-order valence-corrected chi connectivity index (χ4v) is 3.16. The molecule has 2 unspecified atom stereocenters. The van der Waals surface area contributed by atoms with Crippen molar-refractivity contribution in [1.82, 2.24) is 5.32 Å². The van der Waals surface area contributed by atoms with Crippen molar-refractivity contribution < 1.29 is 4.74 Å². The Kier molecular flexibility index (Phi) is 4.72. The number of ether oxygens (including phenoxy) is 1. The molecule has 1 radical (unpaired) electrons. The van der Waals surface area contributed by atoms with E-state index in [1.807, 2.05) is 12.1 Å². The number of hydrogen-bond acceptors (Lipinski definition) is 2. The van der Waals surface area contributed by atoms with Crippen LogP contribution in [0.25, 0.3) is 0 Å². The van der Waals surface area contributed by atoms with Crippen molar-refractivity contribution in [3.8, 4) is 5.75 Å². The molecule has 3 rings (SSSR count). The fourth-order valence-electron chi connectivity index (χ4n) is 3.16. The second-order valence-corrected chi connectivity index (χ2v) is 7.35. The highest BCUT2D eigenvalue weighted by Gasteiger charge is 2.28. The molecule has 2 heteroatoms. The largest absolute Gasteiger partial charge is 0.488 e. The SMILES string of the molecule is CC(C)(C)c1ccc(OC2CNCCC2c2[c]cccc2)cc1. The molecule has 1 aliphatic rings. The second-order valence-electron chi connectivity index (χ2n) is 7.35. The molecule has 1 fully saturated rings. The lowest BCUT2D eigenvalue weighted by atomic mass is 9.87. The minimum absolute atomic E-state index is 0.155. The van der Waals surface area contributed by atoms with E-state index in [4.69, 9.17) is 4.74 Å². The Labute approximate surface area is 139 Å². The Morgan fingerprint density at radius 2 is 1.87 bits per heavy atom. The first-order chi connectivity index (χ1) is 11.0. The maximum atomic E-state index is 6.31. The molecule has 1 N–H and O–H groups in total. The molecule has 0 bridgehead atoms. The van der Waals surface area contributed by atoms with Gasteiger partial charge < -0.3 is 10.1 Å². The van der Waals surface area contributed by atoms with Gasteiger partial charge in [-0.05, 0) is 47.7 Å². The smallest absolute Gasteiger partial charge is 0.119 e. The van der Waals surface area contributed by atoms with Crippen molar-refractivity contribution in [1.29, 1.82) is 0 Å². The molecule has 0 aromatic heterocycles. The van der Waals surface area contributed by atoms with Crippen LogP contribution in [0.2, 0.25) is 0 Å². The zero-order valence-corrected chi connectivity index (χ0v) is 14.3. The standard InChI is InChI=1S/C21H26NO/c1-21(2,3)17-9-11-18(12-10-17)23-20-15-22-14-13-19(20)16-7-5-4-6-8-16/h4-7,9-12,19-20,22H,13-15H2,1-3H3. The Morgan fingerprint density at radius 1 is 1.09 bits per heavy atom. The maximum absolute atomic E-state index is 6.31. The maximum Gasteiger partial charge on any atom is 0.119 e. The van der Waals surface area contributed by atoms with Crippen LogP contribution >= 0.6 is 0 Å². The van der Waals surface area contributed by atoms with E-state index in [0.717, 1.165) is 25.3 Å². The van der Waals surface area contributed by atoms with Gasteiger partial charge in [0.25, 0.3) is 0 Å². The van der Waals surface area contributed by atoms with Crippen LogP contribution in [0, 0.1) is 6.07 Å². The molecule has 0 amide bonds. The van der Waals surface area contributed by atoms with Crippen molar-refractivity contribution in [3.63, 3.8) is 0 Å². The van der Waals surface area contributed by atoms with Gasteiger partial charge in [0.15, 0.2) is 0 Å². The van der Waals surface area contributed by atoms with E-state index < -0.39 is 0 Å². The molecule has 2 aromatic carbocycles. The first-order valence-corrected chi connectivity index (χ1v) is 8.48. The molecular formula is C21H26NO. The molecule has 121 valence electrons. The predicted molar refractivity (Wildman–Crippen MR) is 95.1 cm³/mol. The van der Waals surface area contributed by atoms with Crippen LogP contribution in [-0.2, 0) is 5.41 Å². The molecule has 23 heavy (non-hydrogen) atoms. The highest BCUT2D eigenvalue weighted by atomic mass is 16.5. The number of hydrogen-bond donors (Lipinski definition) is 1. The van der Waals surface area contributed by atoms with Crippen molar-refractivity contribution in [2.24, 2.45) is 0 Å². The molecule has 2 atom stereocenters. The highest BCUT2D eigenvalue weighted by molar-refractivity contribution is 5.32. The van der Waals surface area contributed by atoms with Crippen LogP contribution in [0.4, 0.5) is 0 Å². The van der Waals surface area contributed by atoms with Crippen LogP contribution in [0.15, 0.2) is 48.5 Å². The number of rotatable bonds is 3. The van der Waals surface area contributed by atoms with E-state index in [1.165, 1.54) is 11.1 Å². The van der Waals surface area contributed by atoms with E-state index in [-0.39, 0.29) is 11.5 Å². The first kappa shape index (κ1) is 16.1.